The molecule has 0 spiro atoms. The van der Waals surface area contributed by atoms with Crippen molar-refractivity contribution >= 4 is 56.8 Å². The number of sulfonamides is 1. The van der Waals surface area contributed by atoms with Crippen LogP contribution in [-0.2, 0) is 32.6 Å². The number of primary amides is 1. The molecule has 12 heteroatoms. The number of halogens is 2. The summed E-state index contributed by atoms with van der Waals surface area (Å²) in [6.45, 7) is 0.189. The number of carbonyl (C=O) groups excluding carboxylic acids is 2. The summed E-state index contributed by atoms with van der Waals surface area (Å²) in [4.78, 5) is 24.6. The summed E-state index contributed by atoms with van der Waals surface area (Å²) in [6, 6.07) is 10.3. The highest BCUT2D eigenvalue weighted by molar-refractivity contribution is 8.00. The van der Waals surface area contributed by atoms with Crippen molar-refractivity contribution in [2.75, 3.05) is 17.9 Å². The number of amides is 2. The predicted octanol–water partition coefficient (Wildman–Crippen LogP) is 2.42. The van der Waals surface area contributed by atoms with Crippen LogP contribution in [0.1, 0.15) is 11.1 Å². The topological polar surface area (TPSA) is 119 Å². The van der Waals surface area contributed by atoms with Crippen LogP contribution in [0.4, 0.5) is 0 Å². The molecule has 0 radical (unpaired) electrons. The first kappa shape index (κ1) is 25.6. The first-order valence-electron chi connectivity index (χ1n) is 9.85. The van der Waals surface area contributed by atoms with Gasteiger partial charge < -0.3 is 15.8 Å². The summed E-state index contributed by atoms with van der Waals surface area (Å²) in [5.74, 6) is -0.189. The van der Waals surface area contributed by atoms with E-state index in [-0.39, 0.29) is 18.9 Å². The fourth-order valence-electron chi connectivity index (χ4n) is 3.23. The van der Waals surface area contributed by atoms with Crippen molar-refractivity contribution < 1.29 is 22.7 Å². The highest BCUT2D eigenvalue weighted by Crippen LogP contribution is 2.26. The van der Waals surface area contributed by atoms with Crippen molar-refractivity contribution in [1.82, 2.24) is 9.62 Å². The normalized spacial score (nSPS) is 17.5. The molecule has 0 bridgehead atoms. The van der Waals surface area contributed by atoms with Crippen LogP contribution in [0, 0.1) is 0 Å². The molecule has 1 fully saturated rings. The van der Waals surface area contributed by atoms with Crippen LogP contribution in [0.2, 0.25) is 10.0 Å². The monoisotopic (exact) mass is 531 g/mol. The Bertz CT molecular complexity index is 1110. The Balaban J connectivity index is 1.62. The smallest absolute Gasteiger partial charge is 0.240 e. The zero-order chi connectivity index (χ0) is 24.2. The van der Waals surface area contributed by atoms with Crippen LogP contribution in [0.3, 0.4) is 0 Å². The van der Waals surface area contributed by atoms with E-state index in [0.29, 0.717) is 27.1 Å². The number of benzene rings is 2. The quantitative estimate of drug-likeness (QED) is 0.512. The van der Waals surface area contributed by atoms with Crippen molar-refractivity contribution in [2.45, 2.75) is 25.1 Å². The molecular formula is C21H23Cl2N3O5S2. The molecule has 33 heavy (non-hydrogen) atoms. The maximum Gasteiger partial charge on any atom is 0.240 e. The van der Waals surface area contributed by atoms with E-state index in [0.717, 1.165) is 16.1 Å². The largest absolute Gasteiger partial charge is 0.489 e. The molecule has 1 heterocycles. The number of rotatable bonds is 9. The van der Waals surface area contributed by atoms with Gasteiger partial charge in [-0.3, -0.25) is 9.59 Å². The number of thioether (sulfide) groups is 1. The van der Waals surface area contributed by atoms with Gasteiger partial charge in [0.2, 0.25) is 21.8 Å². The molecule has 0 unspecified atom stereocenters. The molecule has 0 saturated carbocycles. The summed E-state index contributed by atoms with van der Waals surface area (Å²) in [7, 11) is -3.54. The van der Waals surface area contributed by atoms with E-state index in [9.17, 15) is 18.0 Å². The van der Waals surface area contributed by atoms with Crippen molar-refractivity contribution in [1.29, 1.82) is 0 Å². The molecule has 3 N–H and O–H groups in total. The van der Waals surface area contributed by atoms with E-state index < -0.39 is 33.9 Å². The molecule has 178 valence electrons. The van der Waals surface area contributed by atoms with Gasteiger partial charge in [0.25, 0.3) is 0 Å². The zero-order valence-electron chi connectivity index (χ0n) is 17.7. The first-order valence-corrected chi connectivity index (χ1v) is 13.6. The molecular weight excluding hydrogens is 509 g/mol. The van der Waals surface area contributed by atoms with E-state index in [2.05, 4.69) is 5.32 Å². The molecule has 0 aromatic heterocycles. The van der Waals surface area contributed by atoms with Crippen molar-refractivity contribution in [3.05, 3.63) is 63.6 Å². The lowest BCUT2D eigenvalue weighted by atomic mass is 10.0. The van der Waals surface area contributed by atoms with Crippen LogP contribution in [-0.4, -0.2) is 54.5 Å². The van der Waals surface area contributed by atoms with Gasteiger partial charge in [-0.2, -0.15) is 4.31 Å². The number of nitrogens with zero attached hydrogens (tertiary/aromatic N) is 1. The number of hydrogen-bond donors (Lipinski definition) is 2. The lowest BCUT2D eigenvalue weighted by Gasteiger charge is -2.23. The highest BCUT2D eigenvalue weighted by atomic mass is 35.5. The Kier molecular flexibility index (Phi) is 8.52. The van der Waals surface area contributed by atoms with E-state index in [4.69, 9.17) is 33.7 Å². The Morgan fingerprint density at radius 1 is 1.21 bits per heavy atom. The van der Waals surface area contributed by atoms with Crippen LogP contribution >= 0.6 is 35.0 Å². The van der Waals surface area contributed by atoms with E-state index >= 15 is 0 Å². The molecule has 2 aromatic rings. The van der Waals surface area contributed by atoms with Crippen molar-refractivity contribution in [2.24, 2.45) is 5.73 Å². The van der Waals surface area contributed by atoms with Gasteiger partial charge in [-0.1, -0.05) is 41.4 Å². The Hall–Kier alpha value is -1.98. The number of hydrogen-bond acceptors (Lipinski definition) is 6. The average molecular weight is 532 g/mol. The SMILES string of the molecule is CS(=O)(=O)N1CSC[C@@H]1C(=O)N[C@@H](Cc1ccc(OCc2c(Cl)cccc2Cl)cc1)C(N)=O. The summed E-state index contributed by atoms with van der Waals surface area (Å²) in [5, 5.41) is 3.61. The lowest BCUT2D eigenvalue weighted by molar-refractivity contribution is -0.129. The second-order valence-electron chi connectivity index (χ2n) is 7.47. The van der Waals surface area contributed by atoms with Gasteiger partial charge in [-0.15, -0.1) is 11.8 Å². The third-order valence-corrected chi connectivity index (χ3v) is 8.16. The minimum Gasteiger partial charge on any atom is -0.489 e. The van der Waals surface area contributed by atoms with Gasteiger partial charge in [-0.05, 0) is 29.8 Å². The summed E-state index contributed by atoms with van der Waals surface area (Å²) in [6.07, 6.45) is 1.20. The number of nitrogens with one attached hydrogen (secondary N) is 1. The van der Waals surface area contributed by atoms with Crippen LogP contribution in [0.5, 0.6) is 5.75 Å². The van der Waals surface area contributed by atoms with Gasteiger partial charge in [-0.25, -0.2) is 8.42 Å². The van der Waals surface area contributed by atoms with Crippen LogP contribution in [0.15, 0.2) is 42.5 Å². The van der Waals surface area contributed by atoms with E-state index in [1.54, 1.807) is 42.5 Å². The van der Waals surface area contributed by atoms with Crippen molar-refractivity contribution in [3.8, 4) is 5.75 Å². The molecule has 0 aliphatic carbocycles. The van der Waals surface area contributed by atoms with Crippen LogP contribution < -0.4 is 15.8 Å². The third-order valence-electron chi connectivity index (χ3n) is 5.04. The Morgan fingerprint density at radius 3 is 2.42 bits per heavy atom. The summed E-state index contributed by atoms with van der Waals surface area (Å²) < 4.78 is 30.6. The molecule has 2 amide bonds. The standard InChI is InChI=1S/C21H23Cl2N3O5S2/c1-33(29,30)26-12-32-11-19(26)21(28)25-18(20(24)27)9-13-5-7-14(8-6-13)31-10-15-16(22)3-2-4-17(15)23/h2-8,18-19H,9-12H2,1H3,(H2,24,27)(H,25,28)/t18-,19+/m0/s1. The maximum atomic E-state index is 12.7. The first-order chi connectivity index (χ1) is 15.6. The fraction of sp³-hybridized carbons (Fsp3) is 0.333. The molecule has 1 aliphatic heterocycles. The van der Waals surface area contributed by atoms with Gasteiger partial charge in [0.15, 0.2) is 0 Å². The average Bonchev–Trinajstić information content (AvgIpc) is 3.25. The molecule has 8 nitrogen and oxygen atoms in total. The van der Waals surface area contributed by atoms with Gasteiger partial charge in [0, 0.05) is 27.8 Å². The lowest BCUT2D eigenvalue weighted by Crippen LogP contribution is -2.53. The third kappa shape index (κ3) is 6.77. The zero-order valence-corrected chi connectivity index (χ0v) is 20.8. The van der Waals surface area contributed by atoms with E-state index in [1.165, 1.54) is 11.8 Å². The number of nitrogens with two attached hydrogens (primary N) is 1. The minimum absolute atomic E-state index is 0.149. The molecule has 1 aliphatic rings. The number of ether oxygens (including phenoxy) is 1. The second-order valence-corrected chi connectivity index (χ2v) is 11.2. The fourth-order valence-corrected chi connectivity index (χ4v) is 6.48. The molecule has 2 atom stereocenters. The van der Waals surface area contributed by atoms with E-state index in [1.807, 2.05) is 0 Å². The predicted molar refractivity (Wildman–Crippen MR) is 130 cm³/mol. The molecule has 1 saturated heterocycles. The van der Waals surface area contributed by atoms with Gasteiger partial charge in [0.1, 0.15) is 24.4 Å². The van der Waals surface area contributed by atoms with Crippen molar-refractivity contribution in [3.63, 3.8) is 0 Å². The van der Waals surface area contributed by atoms with Crippen LogP contribution in [0.25, 0.3) is 0 Å². The number of carbonyl (C=O) groups is 2. The Morgan fingerprint density at radius 2 is 1.85 bits per heavy atom. The molecule has 3 rings (SSSR count). The van der Waals surface area contributed by atoms with Gasteiger partial charge >= 0.3 is 0 Å². The van der Waals surface area contributed by atoms with Gasteiger partial charge in [0.05, 0.1) is 12.1 Å². The summed E-state index contributed by atoms with van der Waals surface area (Å²) in [5.41, 5.74) is 6.90. The molecule has 2 aromatic carbocycles. The Labute approximate surface area is 206 Å². The highest BCUT2D eigenvalue weighted by Gasteiger charge is 2.38. The summed E-state index contributed by atoms with van der Waals surface area (Å²) >= 11 is 13.6. The second kappa shape index (κ2) is 11.0. The maximum absolute atomic E-state index is 12.7. The minimum atomic E-state index is -3.54.